The topological polar surface area (TPSA) is 65.1 Å². The van der Waals surface area contributed by atoms with Crippen molar-refractivity contribution in [3.8, 4) is 0 Å². The first-order valence-electron chi connectivity index (χ1n) is 7.75. The molecular weight excluding hydrogens is 264 g/mol. The lowest BCUT2D eigenvalue weighted by Crippen LogP contribution is -2.45. The van der Waals surface area contributed by atoms with Crippen LogP contribution >= 0.6 is 0 Å². The number of amides is 1. The van der Waals surface area contributed by atoms with Crippen LogP contribution in [-0.2, 0) is 0 Å². The number of hydrogen-bond acceptors (Lipinski definition) is 2. The molecule has 4 unspecified atom stereocenters. The van der Waals surface area contributed by atoms with Gasteiger partial charge in [0, 0.05) is 29.5 Å². The summed E-state index contributed by atoms with van der Waals surface area (Å²) in [5.74, 6) is 1.31. The number of aromatic amines is 1. The first-order valence-corrected chi connectivity index (χ1v) is 7.75. The zero-order valence-corrected chi connectivity index (χ0v) is 11.9. The largest absolute Gasteiger partial charge is 0.396 e. The van der Waals surface area contributed by atoms with Gasteiger partial charge >= 0.3 is 0 Å². The van der Waals surface area contributed by atoms with E-state index in [1.165, 1.54) is 12.8 Å². The second kappa shape index (κ2) is 4.88. The summed E-state index contributed by atoms with van der Waals surface area (Å²) < 4.78 is 0. The van der Waals surface area contributed by atoms with E-state index in [0.29, 0.717) is 17.5 Å². The van der Waals surface area contributed by atoms with Crippen LogP contribution in [0, 0.1) is 17.8 Å². The van der Waals surface area contributed by atoms with E-state index in [0.717, 1.165) is 17.3 Å². The molecule has 4 rings (SSSR count). The molecule has 4 nitrogen and oxygen atoms in total. The van der Waals surface area contributed by atoms with Gasteiger partial charge in [0.25, 0.3) is 5.91 Å². The quantitative estimate of drug-likeness (QED) is 0.809. The number of nitrogens with one attached hydrogen (secondary N) is 2. The summed E-state index contributed by atoms with van der Waals surface area (Å²) in [7, 11) is 0. The van der Waals surface area contributed by atoms with Gasteiger partial charge < -0.3 is 15.4 Å². The van der Waals surface area contributed by atoms with Crippen LogP contribution in [-0.4, -0.2) is 28.6 Å². The number of aromatic nitrogens is 1. The number of aliphatic hydroxyl groups is 1. The number of carbonyl (C=O) groups is 1. The van der Waals surface area contributed by atoms with Crippen molar-refractivity contribution in [1.82, 2.24) is 10.3 Å². The normalized spacial score (nSPS) is 30.9. The van der Waals surface area contributed by atoms with E-state index in [1.54, 1.807) is 0 Å². The summed E-state index contributed by atoms with van der Waals surface area (Å²) in [5, 5.41) is 13.8. The molecule has 2 aromatic rings. The molecule has 0 saturated heterocycles. The number of benzene rings is 1. The smallest absolute Gasteiger partial charge is 0.267 e. The summed E-state index contributed by atoms with van der Waals surface area (Å²) >= 11 is 0. The summed E-state index contributed by atoms with van der Waals surface area (Å²) in [6.45, 7) is 0.179. The van der Waals surface area contributed by atoms with Crippen LogP contribution in [0.1, 0.15) is 29.8 Å². The van der Waals surface area contributed by atoms with E-state index in [1.807, 2.05) is 30.3 Å². The zero-order chi connectivity index (χ0) is 14.4. The molecule has 0 spiro atoms. The van der Waals surface area contributed by atoms with E-state index in [9.17, 15) is 9.90 Å². The lowest BCUT2D eigenvalue weighted by Gasteiger charge is -2.30. The Balaban J connectivity index is 1.55. The molecule has 110 valence electrons. The molecule has 0 radical (unpaired) electrons. The number of para-hydroxylation sites is 1. The van der Waals surface area contributed by atoms with Crippen molar-refractivity contribution < 1.29 is 9.90 Å². The van der Waals surface area contributed by atoms with E-state index in [4.69, 9.17) is 0 Å². The Hall–Kier alpha value is -1.81. The molecule has 4 atom stereocenters. The Kier molecular flexibility index (Phi) is 3.00. The van der Waals surface area contributed by atoms with Crippen LogP contribution in [0.4, 0.5) is 0 Å². The minimum atomic E-state index is -0.0535. The molecule has 4 heteroatoms. The van der Waals surface area contributed by atoms with Gasteiger partial charge in [0.15, 0.2) is 0 Å². The Morgan fingerprint density at radius 2 is 2.10 bits per heavy atom. The zero-order valence-electron chi connectivity index (χ0n) is 11.9. The minimum absolute atomic E-state index is 0.0535. The molecule has 1 aromatic carbocycles. The van der Waals surface area contributed by atoms with E-state index in [2.05, 4.69) is 10.3 Å². The van der Waals surface area contributed by atoms with Gasteiger partial charge in [-0.2, -0.15) is 0 Å². The van der Waals surface area contributed by atoms with Gasteiger partial charge in [-0.15, -0.1) is 0 Å². The van der Waals surface area contributed by atoms with Gasteiger partial charge in [-0.3, -0.25) is 4.79 Å². The van der Waals surface area contributed by atoms with Gasteiger partial charge in [-0.05, 0) is 43.2 Å². The second-order valence-electron chi connectivity index (χ2n) is 6.45. The fourth-order valence-electron chi connectivity index (χ4n) is 4.32. The van der Waals surface area contributed by atoms with Crippen molar-refractivity contribution in [1.29, 1.82) is 0 Å². The van der Waals surface area contributed by atoms with Crippen LogP contribution in [0.5, 0.6) is 0 Å². The maximum atomic E-state index is 12.5. The second-order valence-corrected chi connectivity index (χ2v) is 6.45. The Morgan fingerprint density at radius 1 is 1.29 bits per heavy atom. The lowest BCUT2D eigenvalue weighted by atomic mass is 9.85. The molecule has 2 aliphatic carbocycles. The summed E-state index contributed by atoms with van der Waals surface area (Å²) in [5.41, 5.74) is 1.59. The Morgan fingerprint density at radius 3 is 2.90 bits per heavy atom. The fraction of sp³-hybridized carbons (Fsp3) is 0.471. The molecule has 2 bridgehead atoms. The highest BCUT2D eigenvalue weighted by Gasteiger charge is 2.47. The maximum Gasteiger partial charge on any atom is 0.267 e. The van der Waals surface area contributed by atoms with Crippen molar-refractivity contribution >= 4 is 16.8 Å². The van der Waals surface area contributed by atoms with E-state index in [-0.39, 0.29) is 24.5 Å². The first kappa shape index (κ1) is 12.9. The molecule has 2 saturated carbocycles. The number of H-pyrrole nitrogens is 1. The van der Waals surface area contributed by atoms with Crippen LogP contribution in [0.25, 0.3) is 10.9 Å². The average molecular weight is 284 g/mol. The Labute approximate surface area is 123 Å². The number of carbonyl (C=O) groups excluding carboxylic acids is 1. The maximum absolute atomic E-state index is 12.5. The van der Waals surface area contributed by atoms with Crippen LogP contribution in [0.3, 0.4) is 0 Å². The summed E-state index contributed by atoms with van der Waals surface area (Å²) in [6.07, 6.45) is 3.54. The number of hydrogen-bond donors (Lipinski definition) is 3. The van der Waals surface area contributed by atoms with E-state index >= 15 is 0 Å². The van der Waals surface area contributed by atoms with Crippen molar-refractivity contribution in [2.45, 2.75) is 25.3 Å². The highest BCUT2D eigenvalue weighted by atomic mass is 16.3. The van der Waals surface area contributed by atoms with Crippen molar-refractivity contribution in [3.05, 3.63) is 36.0 Å². The van der Waals surface area contributed by atoms with Crippen LogP contribution in [0.2, 0.25) is 0 Å². The Bertz CT molecular complexity index is 645. The molecule has 1 heterocycles. The predicted octanol–water partition coefficient (Wildman–Crippen LogP) is 2.30. The SMILES string of the molecule is O=C(NC1C2CCC(C2)C1CO)c1cc2ccccc2[nH]1. The minimum Gasteiger partial charge on any atom is -0.396 e. The first-order chi connectivity index (χ1) is 10.3. The van der Waals surface area contributed by atoms with Crippen LogP contribution in [0.15, 0.2) is 30.3 Å². The fourth-order valence-corrected chi connectivity index (χ4v) is 4.32. The monoisotopic (exact) mass is 284 g/mol. The average Bonchev–Trinajstić information content (AvgIpc) is 3.20. The van der Waals surface area contributed by atoms with E-state index < -0.39 is 0 Å². The molecule has 21 heavy (non-hydrogen) atoms. The van der Waals surface area contributed by atoms with Gasteiger partial charge in [-0.25, -0.2) is 0 Å². The van der Waals surface area contributed by atoms with Crippen LogP contribution < -0.4 is 5.32 Å². The molecular formula is C17H20N2O2. The highest BCUT2D eigenvalue weighted by molar-refractivity contribution is 5.98. The van der Waals surface area contributed by atoms with Crippen molar-refractivity contribution in [2.75, 3.05) is 6.61 Å². The standard InChI is InChI=1S/C17H20N2O2/c20-9-13-10-5-6-12(7-10)16(13)19-17(21)15-8-11-3-1-2-4-14(11)18-15/h1-4,8,10,12-13,16,18,20H,5-7,9H2,(H,19,21). The molecule has 3 N–H and O–H groups in total. The van der Waals surface area contributed by atoms with Crippen molar-refractivity contribution in [2.24, 2.45) is 17.8 Å². The number of aliphatic hydroxyl groups excluding tert-OH is 1. The van der Waals surface area contributed by atoms with Gasteiger partial charge in [0.1, 0.15) is 5.69 Å². The third-order valence-electron chi connectivity index (χ3n) is 5.37. The molecule has 1 amide bonds. The number of fused-ring (bicyclic) bond motifs is 3. The van der Waals surface area contributed by atoms with Gasteiger partial charge in [0.2, 0.25) is 0 Å². The summed E-state index contributed by atoms with van der Waals surface area (Å²) in [4.78, 5) is 15.7. The van der Waals surface area contributed by atoms with Gasteiger partial charge in [-0.1, -0.05) is 18.2 Å². The third kappa shape index (κ3) is 2.05. The highest BCUT2D eigenvalue weighted by Crippen LogP contribution is 2.48. The predicted molar refractivity (Wildman–Crippen MR) is 81.0 cm³/mol. The molecule has 1 aromatic heterocycles. The van der Waals surface area contributed by atoms with Gasteiger partial charge in [0.05, 0.1) is 0 Å². The third-order valence-corrected chi connectivity index (χ3v) is 5.37. The summed E-state index contributed by atoms with van der Waals surface area (Å²) in [6, 6.07) is 9.92. The molecule has 0 aliphatic heterocycles. The lowest BCUT2D eigenvalue weighted by molar-refractivity contribution is 0.0857. The number of rotatable bonds is 3. The molecule has 2 fully saturated rings. The van der Waals surface area contributed by atoms with Crippen molar-refractivity contribution in [3.63, 3.8) is 0 Å². The molecule has 2 aliphatic rings.